The average Bonchev–Trinajstić information content (AvgIpc) is 2.44. The molecule has 1 amide bonds. The highest BCUT2D eigenvalue weighted by atomic mass is 16.4. The molecular weight excluding hydrogens is 268 g/mol. The van der Waals surface area contributed by atoms with Crippen molar-refractivity contribution >= 4 is 11.9 Å². The van der Waals surface area contributed by atoms with Crippen LogP contribution < -0.4 is 11.1 Å². The van der Waals surface area contributed by atoms with E-state index in [0.29, 0.717) is 6.42 Å². The first-order valence-corrected chi connectivity index (χ1v) is 7.34. The van der Waals surface area contributed by atoms with E-state index in [1.807, 2.05) is 37.3 Å². The highest BCUT2D eigenvalue weighted by Crippen LogP contribution is 2.18. The van der Waals surface area contributed by atoms with Crippen LogP contribution in [0.3, 0.4) is 0 Å². The summed E-state index contributed by atoms with van der Waals surface area (Å²) in [5, 5.41) is 11.7. The molecule has 0 aliphatic rings. The smallest absolute Gasteiger partial charge is 0.303 e. The number of nitrogens with one attached hydrogen (secondary N) is 1. The van der Waals surface area contributed by atoms with Crippen molar-refractivity contribution in [2.45, 2.75) is 51.1 Å². The zero-order valence-electron chi connectivity index (χ0n) is 12.4. The van der Waals surface area contributed by atoms with Gasteiger partial charge in [-0.1, -0.05) is 43.7 Å². The monoisotopic (exact) mass is 292 g/mol. The lowest BCUT2D eigenvalue weighted by molar-refractivity contribution is -0.137. The molecular formula is C16H24N2O3. The second-order valence-electron chi connectivity index (χ2n) is 5.22. The summed E-state index contributed by atoms with van der Waals surface area (Å²) in [5.74, 6) is -0.997. The molecule has 1 aromatic rings. The number of amides is 1. The fraction of sp³-hybridized carbons (Fsp3) is 0.500. The van der Waals surface area contributed by atoms with Crippen LogP contribution in [-0.2, 0) is 9.59 Å². The Balaban J connectivity index is 2.64. The van der Waals surface area contributed by atoms with Gasteiger partial charge in [-0.2, -0.15) is 0 Å². The number of carboxylic acid groups (broad SMARTS) is 1. The van der Waals surface area contributed by atoms with Crippen molar-refractivity contribution in [2.75, 3.05) is 0 Å². The van der Waals surface area contributed by atoms with E-state index in [-0.39, 0.29) is 30.8 Å². The first kappa shape index (κ1) is 17.2. The lowest BCUT2D eigenvalue weighted by Crippen LogP contribution is -2.34. The van der Waals surface area contributed by atoms with E-state index in [1.54, 1.807) is 0 Å². The SMILES string of the molecule is CCCC(N)CC(=O)NC(CCC(=O)O)c1ccccc1. The molecule has 2 unspecified atom stereocenters. The van der Waals surface area contributed by atoms with Crippen LogP contribution in [0.15, 0.2) is 30.3 Å². The van der Waals surface area contributed by atoms with E-state index in [0.717, 1.165) is 18.4 Å². The van der Waals surface area contributed by atoms with Crippen molar-refractivity contribution < 1.29 is 14.7 Å². The van der Waals surface area contributed by atoms with E-state index in [1.165, 1.54) is 0 Å². The molecule has 0 saturated carbocycles. The predicted octanol–water partition coefficient (Wildman–Crippen LogP) is 2.23. The quantitative estimate of drug-likeness (QED) is 0.650. The normalized spacial score (nSPS) is 13.4. The van der Waals surface area contributed by atoms with Crippen LogP contribution in [0.5, 0.6) is 0 Å². The van der Waals surface area contributed by atoms with Crippen molar-refractivity contribution in [3.63, 3.8) is 0 Å². The average molecular weight is 292 g/mol. The topological polar surface area (TPSA) is 92.4 Å². The minimum atomic E-state index is -0.868. The summed E-state index contributed by atoms with van der Waals surface area (Å²) in [6.07, 6.45) is 2.40. The summed E-state index contributed by atoms with van der Waals surface area (Å²) in [7, 11) is 0. The summed E-state index contributed by atoms with van der Waals surface area (Å²) in [4.78, 5) is 22.8. The lowest BCUT2D eigenvalue weighted by Gasteiger charge is -2.20. The molecule has 0 bridgehead atoms. The van der Waals surface area contributed by atoms with Gasteiger partial charge in [-0.3, -0.25) is 9.59 Å². The molecule has 2 atom stereocenters. The number of hydrogen-bond donors (Lipinski definition) is 3. The van der Waals surface area contributed by atoms with Crippen LogP contribution >= 0.6 is 0 Å². The van der Waals surface area contributed by atoms with Crippen molar-refractivity contribution in [1.29, 1.82) is 0 Å². The van der Waals surface area contributed by atoms with E-state index < -0.39 is 5.97 Å². The van der Waals surface area contributed by atoms with Crippen LogP contribution in [0.4, 0.5) is 0 Å². The molecule has 0 saturated heterocycles. The zero-order chi connectivity index (χ0) is 15.7. The molecule has 21 heavy (non-hydrogen) atoms. The molecule has 1 aromatic carbocycles. The number of carbonyl (C=O) groups is 2. The fourth-order valence-electron chi connectivity index (χ4n) is 2.24. The Hall–Kier alpha value is -1.88. The van der Waals surface area contributed by atoms with Gasteiger partial charge in [-0.25, -0.2) is 0 Å². The number of hydrogen-bond acceptors (Lipinski definition) is 3. The maximum atomic E-state index is 12.0. The van der Waals surface area contributed by atoms with Crippen molar-refractivity contribution in [3.05, 3.63) is 35.9 Å². The van der Waals surface area contributed by atoms with Gasteiger partial charge < -0.3 is 16.2 Å². The maximum Gasteiger partial charge on any atom is 0.303 e. The van der Waals surface area contributed by atoms with Gasteiger partial charge in [0.25, 0.3) is 0 Å². The van der Waals surface area contributed by atoms with Gasteiger partial charge in [0.15, 0.2) is 0 Å². The Kier molecular flexibility index (Phi) is 7.46. The minimum absolute atomic E-state index is 0.0147. The fourth-order valence-corrected chi connectivity index (χ4v) is 2.24. The standard InChI is InChI=1S/C16H24N2O3/c1-2-6-13(17)11-15(19)18-14(9-10-16(20)21)12-7-4-3-5-8-12/h3-5,7-8,13-14H,2,6,9-11,17H2,1H3,(H,18,19)(H,20,21). The number of carbonyl (C=O) groups excluding carboxylic acids is 1. The summed E-state index contributed by atoms with van der Waals surface area (Å²) in [6, 6.07) is 8.97. The molecule has 0 aromatic heterocycles. The van der Waals surface area contributed by atoms with Crippen LogP contribution in [0.2, 0.25) is 0 Å². The minimum Gasteiger partial charge on any atom is -0.481 e. The summed E-state index contributed by atoms with van der Waals surface area (Å²) < 4.78 is 0. The summed E-state index contributed by atoms with van der Waals surface area (Å²) in [6.45, 7) is 2.03. The largest absolute Gasteiger partial charge is 0.481 e. The lowest BCUT2D eigenvalue weighted by atomic mass is 10.0. The molecule has 1 rings (SSSR count). The molecule has 0 aliphatic carbocycles. The number of aliphatic carboxylic acids is 1. The number of rotatable bonds is 9. The first-order chi connectivity index (χ1) is 10.0. The first-order valence-electron chi connectivity index (χ1n) is 7.34. The van der Waals surface area contributed by atoms with E-state index in [2.05, 4.69) is 5.32 Å². The van der Waals surface area contributed by atoms with Gasteiger partial charge in [0.1, 0.15) is 0 Å². The molecule has 5 heteroatoms. The third kappa shape index (κ3) is 6.90. The second kappa shape index (κ2) is 9.13. The van der Waals surface area contributed by atoms with Gasteiger partial charge >= 0.3 is 5.97 Å². The van der Waals surface area contributed by atoms with Gasteiger partial charge in [-0.15, -0.1) is 0 Å². The van der Waals surface area contributed by atoms with Gasteiger partial charge in [-0.05, 0) is 18.4 Å². The maximum absolute atomic E-state index is 12.0. The molecule has 4 N–H and O–H groups in total. The Morgan fingerprint density at radius 3 is 2.48 bits per heavy atom. The van der Waals surface area contributed by atoms with Crippen molar-refractivity contribution in [3.8, 4) is 0 Å². The van der Waals surface area contributed by atoms with Crippen LogP contribution in [0.25, 0.3) is 0 Å². The Morgan fingerprint density at radius 1 is 1.24 bits per heavy atom. The molecule has 0 aliphatic heterocycles. The van der Waals surface area contributed by atoms with Gasteiger partial charge in [0.05, 0.1) is 6.04 Å². The highest BCUT2D eigenvalue weighted by Gasteiger charge is 2.17. The van der Waals surface area contributed by atoms with Crippen LogP contribution in [0, 0.1) is 0 Å². The van der Waals surface area contributed by atoms with Gasteiger partial charge in [0, 0.05) is 18.9 Å². The molecule has 0 spiro atoms. The Bertz CT molecular complexity index is 448. The van der Waals surface area contributed by atoms with Crippen molar-refractivity contribution in [2.24, 2.45) is 5.73 Å². The molecule has 116 valence electrons. The van der Waals surface area contributed by atoms with Crippen molar-refractivity contribution in [1.82, 2.24) is 5.32 Å². The predicted molar refractivity (Wildman–Crippen MR) is 81.7 cm³/mol. The number of nitrogens with two attached hydrogens (primary N) is 1. The molecule has 0 heterocycles. The Labute approximate surface area is 125 Å². The van der Waals surface area contributed by atoms with E-state index in [9.17, 15) is 9.59 Å². The highest BCUT2D eigenvalue weighted by molar-refractivity contribution is 5.77. The molecule has 5 nitrogen and oxygen atoms in total. The number of benzene rings is 1. The number of carboxylic acids is 1. The second-order valence-corrected chi connectivity index (χ2v) is 5.22. The summed E-state index contributed by atoms with van der Waals surface area (Å²) in [5.41, 5.74) is 6.78. The summed E-state index contributed by atoms with van der Waals surface area (Å²) >= 11 is 0. The zero-order valence-corrected chi connectivity index (χ0v) is 12.4. The molecule has 0 radical (unpaired) electrons. The van der Waals surface area contributed by atoms with Gasteiger partial charge in [0.2, 0.25) is 5.91 Å². The third-order valence-corrected chi connectivity index (χ3v) is 3.29. The molecule has 0 fully saturated rings. The van der Waals surface area contributed by atoms with Crippen LogP contribution in [-0.4, -0.2) is 23.0 Å². The van der Waals surface area contributed by atoms with E-state index >= 15 is 0 Å². The third-order valence-electron chi connectivity index (χ3n) is 3.29. The van der Waals surface area contributed by atoms with E-state index in [4.69, 9.17) is 10.8 Å². The Morgan fingerprint density at radius 2 is 1.90 bits per heavy atom. The van der Waals surface area contributed by atoms with Crippen LogP contribution in [0.1, 0.15) is 50.6 Å².